The Morgan fingerprint density at radius 3 is 2.10 bits per heavy atom. The van der Waals surface area contributed by atoms with Crippen molar-refractivity contribution in [3.05, 3.63) is 58.0 Å². The molecule has 0 saturated carbocycles. The Morgan fingerprint density at radius 1 is 0.900 bits per heavy atom. The summed E-state index contributed by atoms with van der Waals surface area (Å²) in [4.78, 5) is 28.7. The topological polar surface area (TPSA) is 78.0 Å². The average Bonchev–Trinajstić information content (AvgIpc) is 3.03. The minimum atomic E-state index is -3.63. The smallest absolute Gasteiger partial charge is 0.251 e. The summed E-state index contributed by atoms with van der Waals surface area (Å²) in [5.74, 6) is -0.514. The number of hydrogen-bond acceptors (Lipinski definition) is 5. The summed E-state index contributed by atoms with van der Waals surface area (Å²) < 4.78 is 27.9. The van der Waals surface area contributed by atoms with Crippen LogP contribution >= 0.6 is 27.5 Å². The van der Waals surface area contributed by atoms with E-state index in [1.54, 1.807) is 36.4 Å². The zero-order valence-electron chi connectivity index (χ0n) is 15.9. The Kier molecular flexibility index (Phi) is 6.00. The van der Waals surface area contributed by atoms with Crippen LogP contribution in [0, 0.1) is 0 Å². The van der Waals surface area contributed by atoms with Crippen molar-refractivity contribution < 1.29 is 18.0 Å². The molecule has 0 spiro atoms. The molecule has 1 unspecified atom stereocenters. The van der Waals surface area contributed by atoms with Gasteiger partial charge in [0, 0.05) is 35.7 Å². The van der Waals surface area contributed by atoms with E-state index >= 15 is 0 Å². The number of sulfonamides is 1. The van der Waals surface area contributed by atoms with Gasteiger partial charge in [0.15, 0.2) is 0 Å². The maximum absolute atomic E-state index is 12.9. The summed E-state index contributed by atoms with van der Waals surface area (Å²) in [7, 11) is -3.63. The number of carbonyl (C=O) groups is 2. The number of anilines is 1. The summed E-state index contributed by atoms with van der Waals surface area (Å²) in [6, 6.07) is 12.5. The van der Waals surface area contributed by atoms with Crippen LogP contribution in [0.4, 0.5) is 5.69 Å². The third kappa shape index (κ3) is 4.04. The first-order valence-corrected chi connectivity index (χ1v) is 12.0. The summed E-state index contributed by atoms with van der Waals surface area (Å²) >= 11 is 9.19. The van der Waals surface area contributed by atoms with E-state index in [9.17, 15) is 18.0 Å². The van der Waals surface area contributed by atoms with Gasteiger partial charge in [0.05, 0.1) is 23.0 Å². The van der Waals surface area contributed by atoms with Crippen LogP contribution in [0.25, 0.3) is 0 Å². The molecule has 0 aliphatic carbocycles. The van der Waals surface area contributed by atoms with Gasteiger partial charge in [-0.1, -0.05) is 27.5 Å². The first-order valence-electron chi connectivity index (χ1n) is 9.39. The van der Waals surface area contributed by atoms with Gasteiger partial charge >= 0.3 is 0 Å². The first-order chi connectivity index (χ1) is 14.3. The third-order valence-corrected chi connectivity index (χ3v) is 8.07. The SMILES string of the molecule is O=C1CC(N2CCN(S(=O)(=O)c3ccc(Cl)cc3)CC2)C(=O)N1c1ccc(Br)cc1. The molecule has 2 aliphatic heterocycles. The monoisotopic (exact) mass is 511 g/mol. The summed E-state index contributed by atoms with van der Waals surface area (Å²) in [6.07, 6.45) is 0.0961. The molecule has 1 atom stereocenters. The number of carbonyl (C=O) groups excluding carboxylic acids is 2. The Hall–Kier alpha value is -1.78. The zero-order chi connectivity index (χ0) is 21.5. The molecule has 2 fully saturated rings. The highest BCUT2D eigenvalue weighted by Crippen LogP contribution is 2.28. The van der Waals surface area contributed by atoms with Crippen LogP contribution in [-0.2, 0) is 19.6 Å². The highest BCUT2D eigenvalue weighted by atomic mass is 79.9. The van der Waals surface area contributed by atoms with Gasteiger partial charge < -0.3 is 0 Å². The quantitative estimate of drug-likeness (QED) is 0.589. The molecule has 4 rings (SSSR count). The molecule has 2 saturated heterocycles. The van der Waals surface area contributed by atoms with E-state index in [4.69, 9.17) is 11.6 Å². The van der Waals surface area contributed by atoms with E-state index in [0.29, 0.717) is 23.8 Å². The molecule has 0 aromatic heterocycles. The van der Waals surface area contributed by atoms with Crippen molar-refractivity contribution in [2.75, 3.05) is 31.1 Å². The van der Waals surface area contributed by atoms with Crippen molar-refractivity contribution >= 4 is 55.1 Å². The highest BCUT2D eigenvalue weighted by Gasteiger charge is 2.44. The number of piperazine rings is 1. The molecule has 2 heterocycles. The summed E-state index contributed by atoms with van der Waals surface area (Å²) in [5.41, 5.74) is 0.541. The van der Waals surface area contributed by atoms with E-state index in [1.807, 2.05) is 4.90 Å². The first kappa shape index (κ1) is 21.5. The van der Waals surface area contributed by atoms with Gasteiger partial charge in [-0.3, -0.25) is 14.5 Å². The predicted molar refractivity (Wildman–Crippen MR) is 117 cm³/mol. The predicted octanol–water partition coefficient (Wildman–Crippen LogP) is 2.74. The number of amides is 2. The highest BCUT2D eigenvalue weighted by molar-refractivity contribution is 9.10. The molecule has 2 aromatic carbocycles. The number of rotatable bonds is 4. The molecule has 0 bridgehead atoms. The molecule has 2 amide bonds. The molecule has 10 heteroatoms. The minimum Gasteiger partial charge on any atom is -0.289 e. The van der Waals surface area contributed by atoms with Crippen LogP contribution in [0.5, 0.6) is 0 Å². The fourth-order valence-corrected chi connectivity index (χ4v) is 5.59. The lowest BCUT2D eigenvalue weighted by Crippen LogP contribution is -2.53. The number of hydrogen-bond donors (Lipinski definition) is 0. The zero-order valence-corrected chi connectivity index (χ0v) is 19.0. The summed E-state index contributed by atoms with van der Waals surface area (Å²) in [6.45, 7) is 1.26. The second-order valence-corrected chi connectivity index (χ2v) is 10.4. The lowest BCUT2D eigenvalue weighted by molar-refractivity contribution is -0.123. The van der Waals surface area contributed by atoms with Gasteiger partial charge in [-0.05, 0) is 48.5 Å². The largest absolute Gasteiger partial charge is 0.289 e. The van der Waals surface area contributed by atoms with Gasteiger partial charge in [-0.25, -0.2) is 13.3 Å². The molecule has 0 radical (unpaired) electrons. The summed E-state index contributed by atoms with van der Waals surface area (Å²) in [5, 5.41) is 0.471. The Morgan fingerprint density at radius 2 is 1.50 bits per heavy atom. The molecule has 7 nitrogen and oxygen atoms in total. The van der Waals surface area contributed by atoms with Crippen LogP contribution in [0.1, 0.15) is 6.42 Å². The van der Waals surface area contributed by atoms with Gasteiger partial charge in [0.1, 0.15) is 0 Å². The fourth-order valence-electron chi connectivity index (χ4n) is 3.77. The number of imide groups is 1. The molecule has 158 valence electrons. The van der Waals surface area contributed by atoms with Gasteiger partial charge in [0.2, 0.25) is 15.9 Å². The van der Waals surface area contributed by atoms with E-state index in [0.717, 1.165) is 4.47 Å². The van der Waals surface area contributed by atoms with Crippen molar-refractivity contribution in [3.8, 4) is 0 Å². The maximum atomic E-state index is 12.9. The van der Waals surface area contributed by atoms with Crippen LogP contribution in [-0.4, -0.2) is 61.7 Å². The molecule has 0 N–H and O–H groups in total. The maximum Gasteiger partial charge on any atom is 0.251 e. The third-order valence-electron chi connectivity index (χ3n) is 5.37. The van der Waals surface area contributed by atoms with Crippen molar-refractivity contribution in [3.63, 3.8) is 0 Å². The van der Waals surface area contributed by atoms with Crippen LogP contribution < -0.4 is 4.90 Å². The molecule has 2 aliphatic rings. The van der Waals surface area contributed by atoms with Crippen molar-refractivity contribution in [1.29, 1.82) is 0 Å². The van der Waals surface area contributed by atoms with E-state index in [2.05, 4.69) is 15.9 Å². The second-order valence-electron chi connectivity index (χ2n) is 7.16. The minimum absolute atomic E-state index is 0.0961. The van der Waals surface area contributed by atoms with Crippen LogP contribution in [0.3, 0.4) is 0 Å². The average molecular weight is 513 g/mol. The normalized spacial score (nSPS) is 21.4. The van der Waals surface area contributed by atoms with Crippen molar-refractivity contribution in [2.24, 2.45) is 0 Å². The standard InChI is InChI=1S/C20H19BrClN3O4S/c21-14-1-5-16(6-2-14)25-19(26)13-18(20(25)27)23-9-11-24(12-10-23)30(28,29)17-7-3-15(22)4-8-17/h1-8,18H,9-13H2. The molecule has 2 aromatic rings. The Balaban J connectivity index is 1.44. The fraction of sp³-hybridized carbons (Fsp3) is 0.300. The van der Waals surface area contributed by atoms with Crippen molar-refractivity contribution in [1.82, 2.24) is 9.21 Å². The van der Waals surface area contributed by atoms with Crippen LogP contribution in [0.2, 0.25) is 5.02 Å². The van der Waals surface area contributed by atoms with Gasteiger partial charge in [-0.15, -0.1) is 0 Å². The molecule has 30 heavy (non-hydrogen) atoms. The van der Waals surface area contributed by atoms with E-state index in [-0.39, 0.29) is 36.2 Å². The lowest BCUT2D eigenvalue weighted by atomic mass is 10.2. The van der Waals surface area contributed by atoms with Gasteiger partial charge in [0.25, 0.3) is 5.91 Å². The lowest BCUT2D eigenvalue weighted by Gasteiger charge is -2.36. The Labute approximate surface area is 188 Å². The second kappa shape index (κ2) is 8.39. The Bertz CT molecular complexity index is 1070. The van der Waals surface area contributed by atoms with Crippen molar-refractivity contribution in [2.45, 2.75) is 17.4 Å². The molecular weight excluding hydrogens is 494 g/mol. The number of nitrogens with zero attached hydrogens (tertiary/aromatic N) is 3. The molecular formula is C20H19BrClN3O4S. The number of halogens is 2. The number of benzene rings is 2. The van der Waals surface area contributed by atoms with E-state index < -0.39 is 16.1 Å². The van der Waals surface area contributed by atoms with Crippen LogP contribution in [0.15, 0.2) is 57.9 Å². The van der Waals surface area contributed by atoms with E-state index in [1.165, 1.54) is 21.3 Å². The van der Waals surface area contributed by atoms with Gasteiger partial charge in [-0.2, -0.15) is 4.31 Å².